The van der Waals surface area contributed by atoms with Gasteiger partial charge in [0.15, 0.2) is 11.3 Å². The van der Waals surface area contributed by atoms with Crippen LogP contribution in [0.25, 0.3) is 10.4 Å². The molecule has 5 nitrogen and oxygen atoms in total. The molecule has 1 aliphatic heterocycles. The van der Waals surface area contributed by atoms with Gasteiger partial charge in [-0.05, 0) is 11.5 Å². The zero-order valence-corrected chi connectivity index (χ0v) is 13.7. The van der Waals surface area contributed by atoms with E-state index in [9.17, 15) is 4.79 Å². The van der Waals surface area contributed by atoms with E-state index < -0.39 is 0 Å². The minimum atomic E-state index is -0.149. The van der Waals surface area contributed by atoms with Gasteiger partial charge in [0.05, 0.1) is 10.8 Å². The largest absolute Gasteiger partial charge is 0.310 e. The lowest BCUT2D eigenvalue weighted by molar-refractivity contribution is -0.120. The second kappa shape index (κ2) is 6.80. The number of carbonyl (C=O) groups is 1. The molecule has 23 heavy (non-hydrogen) atoms. The van der Waals surface area contributed by atoms with Crippen LogP contribution in [0.1, 0.15) is 13.3 Å². The standard InChI is InChI=1S/C17H18N4OS/c1-2-12-9-21(11-18)10-14(12)16(22)20-17-19-8-15(23-17)13-6-4-3-5-7-13/h3-8,12,14H,2,9-10H2,1H3,(H,19,20,22). The molecule has 2 aromatic rings. The molecule has 6 heteroatoms. The summed E-state index contributed by atoms with van der Waals surface area (Å²) < 4.78 is 0. The van der Waals surface area contributed by atoms with Crippen molar-refractivity contribution in [3.05, 3.63) is 36.5 Å². The van der Waals surface area contributed by atoms with Crippen molar-refractivity contribution in [2.75, 3.05) is 18.4 Å². The van der Waals surface area contributed by atoms with Crippen molar-refractivity contribution < 1.29 is 4.79 Å². The number of amides is 1. The first-order valence-electron chi connectivity index (χ1n) is 7.68. The summed E-state index contributed by atoms with van der Waals surface area (Å²) in [5.74, 6) is 0.0375. The zero-order valence-electron chi connectivity index (χ0n) is 12.9. The highest BCUT2D eigenvalue weighted by molar-refractivity contribution is 7.19. The number of hydrogen-bond acceptors (Lipinski definition) is 5. The van der Waals surface area contributed by atoms with Gasteiger partial charge >= 0.3 is 0 Å². The lowest BCUT2D eigenvalue weighted by atomic mass is 9.93. The normalized spacial score (nSPS) is 20.3. The van der Waals surface area contributed by atoms with E-state index >= 15 is 0 Å². The fourth-order valence-corrected chi connectivity index (χ4v) is 3.75. The van der Waals surface area contributed by atoms with Crippen LogP contribution in [-0.2, 0) is 4.79 Å². The summed E-state index contributed by atoms with van der Waals surface area (Å²) in [5.41, 5.74) is 1.09. The molecule has 0 aliphatic carbocycles. The summed E-state index contributed by atoms with van der Waals surface area (Å²) in [5, 5.41) is 12.6. The molecule has 118 valence electrons. The predicted molar refractivity (Wildman–Crippen MR) is 90.6 cm³/mol. The van der Waals surface area contributed by atoms with Crippen molar-refractivity contribution in [3.8, 4) is 16.6 Å². The molecule has 1 amide bonds. The molecule has 0 bridgehead atoms. The second-order valence-electron chi connectivity index (χ2n) is 5.66. The number of anilines is 1. The molecule has 3 rings (SSSR count). The van der Waals surface area contributed by atoms with Gasteiger partial charge < -0.3 is 10.2 Å². The summed E-state index contributed by atoms with van der Waals surface area (Å²) >= 11 is 1.47. The smallest absolute Gasteiger partial charge is 0.231 e. The molecule has 2 atom stereocenters. The highest BCUT2D eigenvalue weighted by Crippen LogP contribution is 2.31. The summed E-state index contributed by atoms with van der Waals surface area (Å²) in [6, 6.07) is 9.98. The third-order valence-corrected chi connectivity index (χ3v) is 5.20. The number of benzene rings is 1. The maximum absolute atomic E-state index is 12.5. The van der Waals surface area contributed by atoms with E-state index in [4.69, 9.17) is 5.26 Å². The quantitative estimate of drug-likeness (QED) is 0.876. The Labute approximate surface area is 139 Å². The lowest BCUT2D eigenvalue weighted by Gasteiger charge is -2.14. The second-order valence-corrected chi connectivity index (χ2v) is 6.70. The Bertz CT molecular complexity index is 722. The van der Waals surface area contributed by atoms with Gasteiger partial charge in [-0.1, -0.05) is 55.0 Å². The van der Waals surface area contributed by atoms with Gasteiger partial charge in [-0.15, -0.1) is 0 Å². The maximum Gasteiger partial charge on any atom is 0.231 e. The van der Waals surface area contributed by atoms with Crippen LogP contribution in [0, 0.1) is 23.3 Å². The SMILES string of the molecule is CCC1CN(C#N)CC1C(=O)Nc1ncc(-c2ccccc2)s1. The number of rotatable bonds is 4. The first kappa shape index (κ1) is 15.5. The molecule has 2 heterocycles. The number of likely N-dealkylation sites (tertiary alicyclic amines) is 1. The fraction of sp³-hybridized carbons (Fsp3) is 0.353. The van der Waals surface area contributed by atoms with Crippen molar-refractivity contribution in [2.24, 2.45) is 11.8 Å². The monoisotopic (exact) mass is 326 g/mol. The van der Waals surface area contributed by atoms with Gasteiger partial charge in [0.2, 0.25) is 5.91 Å². The molecule has 1 fully saturated rings. The lowest BCUT2D eigenvalue weighted by Crippen LogP contribution is -2.28. The Hall–Kier alpha value is -2.39. The number of nitriles is 1. The highest BCUT2D eigenvalue weighted by Gasteiger charge is 2.36. The number of aromatic nitrogens is 1. The van der Waals surface area contributed by atoms with Crippen molar-refractivity contribution in [1.29, 1.82) is 5.26 Å². The van der Waals surface area contributed by atoms with Crippen LogP contribution in [0.5, 0.6) is 0 Å². The Kier molecular flexibility index (Phi) is 4.58. The van der Waals surface area contributed by atoms with E-state index in [1.165, 1.54) is 11.3 Å². The van der Waals surface area contributed by atoms with Crippen LogP contribution in [0.4, 0.5) is 5.13 Å². The van der Waals surface area contributed by atoms with Gasteiger partial charge in [-0.25, -0.2) is 4.98 Å². The molecule has 1 N–H and O–H groups in total. The third-order valence-electron chi connectivity index (χ3n) is 4.24. The van der Waals surface area contributed by atoms with Gasteiger partial charge in [-0.2, -0.15) is 5.26 Å². The van der Waals surface area contributed by atoms with Crippen LogP contribution in [0.3, 0.4) is 0 Å². The van der Waals surface area contributed by atoms with Crippen LogP contribution in [0.15, 0.2) is 36.5 Å². The molecular formula is C17H18N4OS. The van der Waals surface area contributed by atoms with Gasteiger partial charge in [0.1, 0.15) is 0 Å². The molecule has 0 spiro atoms. The van der Waals surface area contributed by atoms with Crippen molar-refractivity contribution in [3.63, 3.8) is 0 Å². The molecule has 0 radical (unpaired) electrons. The average Bonchev–Trinajstić information content (AvgIpc) is 3.22. The number of thiazole rings is 1. The van der Waals surface area contributed by atoms with Crippen molar-refractivity contribution >= 4 is 22.4 Å². The minimum absolute atomic E-state index is 0.0384. The van der Waals surface area contributed by atoms with E-state index in [1.54, 1.807) is 11.1 Å². The minimum Gasteiger partial charge on any atom is -0.310 e. The van der Waals surface area contributed by atoms with Crippen molar-refractivity contribution in [2.45, 2.75) is 13.3 Å². The van der Waals surface area contributed by atoms with Crippen LogP contribution in [0.2, 0.25) is 0 Å². The molecule has 1 saturated heterocycles. The summed E-state index contributed by atoms with van der Waals surface area (Å²) in [6.07, 6.45) is 4.82. The molecular weight excluding hydrogens is 308 g/mol. The zero-order chi connectivity index (χ0) is 16.2. The molecule has 1 aromatic heterocycles. The Balaban J connectivity index is 1.69. The summed E-state index contributed by atoms with van der Waals surface area (Å²) in [7, 11) is 0. The fourth-order valence-electron chi connectivity index (χ4n) is 2.93. The van der Waals surface area contributed by atoms with Gasteiger partial charge in [-0.3, -0.25) is 4.79 Å². The number of nitrogens with one attached hydrogen (secondary N) is 1. The van der Waals surface area contributed by atoms with E-state index in [0.717, 1.165) is 16.9 Å². The van der Waals surface area contributed by atoms with Gasteiger partial charge in [0.25, 0.3) is 0 Å². The van der Waals surface area contributed by atoms with E-state index in [2.05, 4.69) is 23.4 Å². The molecule has 1 aliphatic rings. The van der Waals surface area contributed by atoms with E-state index in [-0.39, 0.29) is 17.7 Å². The Morgan fingerprint density at radius 1 is 1.43 bits per heavy atom. The average molecular weight is 326 g/mol. The molecule has 0 saturated carbocycles. The Morgan fingerprint density at radius 3 is 2.91 bits per heavy atom. The topological polar surface area (TPSA) is 69.0 Å². The number of hydrogen-bond donors (Lipinski definition) is 1. The predicted octanol–water partition coefficient (Wildman–Crippen LogP) is 3.19. The van der Waals surface area contributed by atoms with Crippen LogP contribution in [-0.4, -0.2) is 28.9 Å². The number of nitrogens with zero attached hydrogens (tertiary/aromatic N) is 3. The first-order chi connectivity index (χ1) is 11.2. The third kappa shape index (κ3) is 3.35. The van der Waals surface area contributed by atoms with Crippen LogP contribution < -0.4 is 5.32 Å². The van der Waals surface area contributed by atoms with Crippen LogP contribution >= 0.6 is 11.3 Å². The van der Waals surface area contributed by atoms with E-state index in [1.807, 2.05) is 30.3 Å². The maximum atomic E-state index is 12.5. The highest BCUT2D eigenvalue weighted by atomic mass is 32.1. The summed E-state index contributed by atoms with van der Waals surface area (Å²) in [4.78, 5) is 19.5. The summed E-state index contributed by atoms with van der Waals surface area (Å²) in [6.45, 7) is 3.22. The van der Waals surface area contributed by atoms with Gasteiger partial charge in [0, 0.05) is 19.3 Å². The molecule has 2 unspecified atom stereocenters. The van der Waals surface area contributed by atoms with E-state index in [0.29, 0.717) is 18.2 Å². The first-order valence-corrected chi connectivity index (χ1v) is 8.49. The molecule has 1 aromatic carbocycles. The Morgan fingerprint density at radius 2 is 2.22 bits per heavy atom. The van der Waals surface area contributed by atoms with Crippen molar-refractivity contribution in [1.82, 2.24) is 9.88 Å². The number of carbonyl (C=O) groups excluding carboxylic acids is 1.